The zero-order valence-corrected chi connectivity index (χ0v) is 13.7. The molecule has 112 valence electrons. The highest BCUT2D eigenvalue weighted by atomic mass is 28.4. The van der Waals surface area contributed by atoms with Crippen LogP contribution in [0.4, 0.5) is 0 Å². The van der Waals surface area contributed by atoms with E-state index in [4.69, 9.17) is 18.0 Å². The van der Waals surface area contributed by atoms with Crippen molar-refractivity contribution in [3.8, 4) is 0 Å². The number of carbonyl (C=O) groups excluding carboxylic acids is 1. The van der Waals surface area contributed by atoms with Crippen molar-refractivity contribution in [1.82, 2.24) is 0 Å². The maximum atomic E-state index is 11.5. The summed E-state index contributed by atoms with van der Waals surface area (Å²) in [7, 11) is -2.77. The summed E-state index contributed by atoms with van der Waals surface area (Å²) in [5, 5.41) is 0. The van der Waals surface area contributed by atoms with E-state index >= 15 is 0 Å². The van der Waals surface area contributed by atoms with Crippen molar-refractivity contribution in [1.29, 1.82) is 0 Å². The summed E-state index contributed by atoms with van der Waals surface area (Å²) in [6.45, 7) is 14.2. The molecular formula is C13H26O5Si. The Bertz CT molecular complexity index is 276. The first-order valence-electron chi connectivity index (χ1n) is 6.69. The largest absolute Gasteiger partial charge is 0.504 e. The SMILES string of the molecule is C=C(C)C(=O)OC(C)C[Si](OCC)(OCC)OCC. The van der Waals surface area contributed by atoms with Gasteiger partial charge in [-0.05, 0) is 34.6 Å². The van der Waals surface area contributed by atoms with Crippen molar-refractivity contribution in [3.63, 3.8) is 0 Å². The smallest absolute Gasteiger partial charge is 0.459 e. The van der Waals surface area contributed by atoms with E-state index in [-0.39, 0.29) is 6.10 Å². The molecule has 0 N–H and O–H groups in total. The first-order chi connectivity index (χ1) is 8.90. The standard InChI is InChI=1S/C13H26O5Si/c1-7-15-19(16-8-2,17-9-3)10-12(6)18-13(14)11(4)5/h12H,4,7-10H2,1-3,5-6H3. The molecule has 0 amide bonds. The molecule has 0 saturated carbocycles. The normalized spacial score (nSPS) is 13.1. The van der Waals surface area contributed by atoms with E-state index < -0.39 is 14.8 Å². The maximum Gasteiger partial charge on any atom is 0.504 e. The molecule has 0 radical (unpaired) electrons. The highest BCUT2D eigenvalue weighted by Gasteiger charge is 2.42. The van der Waals surface area contributed by atoms with Gasteiger partial charge in [0.25, 0.3) is 0 Å². The van der Waals surface area contributed by atoms with Gasteiger partial charge in [-0.3, -0.25) is 0 Å². The third-order valence-electron chi connectivity index (χ3n) is 2.29. The summed E-state index contributed by atoms with van der Waals surface area (Å²) in [6.07, 6.45) is -0.333. The molecule has 0 aromatic rings. The van der Waals surface area contributed by atoms with Gasteiger partial charge in [0.2, 0.25) is 0 Å². The Morgan fingerprint density at radius 2 is 1.53 bits per heavy atom. The lowest BCUT2D eigenvalue weighted by Crippen LogP contribution is -2.48. The van der Waals surface area contributed by atoms with Gasteiger partial charge in [0.15, 0.2) is 0 Å². The molecule has 1 atom stereocenters. The highest BCUT2D eigenvalue weighted by Crippen LogP contribution is 2.20. The lowest BCUT2D eigenvalue weighted by atomic mass is 10.3. The Hall–Kier alpha value is -0.693. The van der Waals surface area contributed by atoms with Crippen LogP contribution in [-0.2, 0) is 22.8 Å². The number of hydrogen-bond donors (Lipinski definition) is 0. The van der Waals surface area contributed by atoms with Crippen molar-refractivity contribution in [2.45, 2.75) is 46.8 Å². The van der Waals surface area contributed by atoms with E-state index in [0.29, 0.717) is 31.4 Å². The van der Waals surface area contributed by atoms with E-state index in [1.807, 2.05) is 20.8 Å². The molecule has 0 aromatic heterocycles. The minimum Gasteiger partial charge on any atom is -0.459 e. The lowest BCUT2D eigenvalue weighted by Gasteiger charge is -2.30. The van der Waals surface area contributed by atoms with E-state index in [0.717, 1.165) is 0 Å². The van der Waals surface area contributed by atoms with E-state index in [2.05, 4.69) is 6.58 Å². The van der Waals surface area contributed by atoms with E-state index in [1.165, 1.54) is 0 Å². The molecule has 6 heteroatoms. The van der Waals surface area contributed by atoms with Gasteiger partial charge in [0.1, 0.15) is 6.10 Å². The lowest BCUT2D eigenvalue weighted by molar-refractivity contribution is -0.142. The van der Waals surface area contributed by atoms with Crippen molar-refractivity contribution >= 4 is 14.8 Å². The van der Waals surface area contributed by atoms with Crippen LogP contribution in [0.3, 0.4) is 0 Å². The molecule has 19 heavy (non-hydrogen) atoms. The fraction of sp³-hybridized carbons (Fsp3) is 0.769. The summed E-state index contributed by atoms with van der Waals surface area (Å²) in [5.41, 5.74) is 0.378. The van der Waals surface area contributed by atoms with Crippen molar-refractivity contribution in [2.24, 2.45) is 0 Å². The Morgan fingerprint density at radius 1 is 1.11 bits per heavy atom. The molecule has 0 heterocycles. The topological polar surface area (TPSA) is 54.0 Å². The summed E-state index contributed by atoms with van der Waals surface area (Å²) in [4.78, 5) is 11.5. The molecule has 1 unspecified atom stereocenters. The summed E-state index contributed by atoms with van der Waals surface area (Å²) >= 11 is 0. The highest BCUT2D eigenvalue weighted by molar-refractivity contribution is 6.60. The van der Waals surface area contributed by atoms with Crippen LogP contribution < -0.4 is 0 Å². The van der Waals surface area contributed by atoms with Crippen molar-refractivity contribution in [2.75, 3.05) is 19.8 Å². The van der Waals surface area contributed by atoms with Crippen molar-refractivity contribution < 1.29 is 22.8 Å². The van der Waals surface area contributed by atoms with Crippen LogP contribution in [0.2, 0.25) is 6.04 Å². The number of carbonyl (C=O) groups is 1. The van der Waals surface area contributed by atoms with Gasteiger partial charge >= 0.3 is 14.8 Å². The van der Waals surface area contributed by atoms with Crippen LogP contribution in [0.25, 0.3) is 0 Å². The van der Waals surface area contributed by atoms with Gasteiger partial charge in [-0.15, -0.1) is 0 Å². The average Bonchev–Trinajstić information content (AvgIpc) is 2.29. The fourth-order valence-corrected chi connectivity index (χ4v) is 4.35. The second-order valence-corrected chi connectivity index (χ2v) is 6.82. The average molecular weight is 290 g/mol. The molecule has 0 aromatic carbocycles. The second-order valence-electron chi connectivity index (χ2n) is 4.18. The number of ether oxygens (including phenoxy) is 1. The Balaban J connectivity index is 4.68. The molecular weight excluding hydrogens is 264 g/mol. The van der Waals surface area contributed by atoms with E-state index in [9.17, 15) is 4.79 Å². The molecule has 0 spiro atoms. The van der Waals surface area contributed by atoms with Gasteiger partial charge < -0.3 is 18.0 Å². The predicted molar refractivity (Wildman–Crippen MR) is 75.8 cm³/mol. The van der Waals surface area contributed by atoms with Crippen LogP contribution >= 0.6 is 0 Å². The van der Waals surface area contributed by atoms with Gasteiger partial charge in [-0.1, -0.05) is 6.58 Å². The Morgan fingerprint density at radius 3 is 1.84 bits per heavy atom. The minimum absolute atomic E-state index is 0.333. The number of hydrogen-bond acceptors (Lipinski definition) is 5. The molecule has 0 saturated heterocycles. The van der Waals surface area contributed by atoms with Crippen LogP contribution in [0.1, 0.15) is 34.6 Å². The summed E-state index contributed by atoms with van der Waals surface area (Å²) in [5.74, 6) is -0.403. The summed E-state index contributed by atoms with van der Waals surface area (Å²) in [6, 6.07) is 0.446. The van der Waals surface area contributed by atoms with Crippen molar-refractivity contribution in [3.05, 3.63) is 12.2 Å². The van der Waals surface area contributed by atoms with Gasteiger partial charge in [-0.2, -0.15) is 0 Å². The Kier molecular flexibility index (Phi) is 8.91. The van der Waals surface area contributed by atoms with Gasteiger partial charge in [0, 0.05) is 25.4 Å². The molecule has 0 aliphatic heterocycles. The van der Waals surface area contributed by atoms with Crippen LogP contribution in [0.5, 0.6) is 0 Å². The fourth-order valence-electron chi connectivity index (χ4n) is 1.64. The monoisotopic (exact) mass is 290 g/mol. The molecule has 0 fully saturated rings. The minimum atomic E-state index is -2.77. The van der Waals surface area contributed by atoms with Crippen LogP contribution in [-0.4, -0.2) is 40.7 Å². The molecule has 0 bridgehead atoms. The summed E-state index contributed by atoms with van der Waals surface area (Å²) < 4.78 is 22.4. The quantitative estimate of drug-likeness (QED) is 0.351. The number of rotatable bonds is 10. The van der Waals surface area contributed by atoms with Crippen LogP contribution in [0.15, 0.2) is 12.2 Å². The first kappa shape index (κ1) is 18.3. The van der Waals surface area contributed by atoms with E-state index in [1.54, 1.807) is 13.8 Å². The van der Waals surface area contributed by atoms with Gasteiger partial charge in [0.05, 0.1) is 6.04 Å². The molecule has 0 aliphatic carbocycles. The molecule has 5 nitrogen and oxygen atoms in total. The number of esters is 1. The second kappa shape index (κ2) is 9.25. The third-order valence-corrected chi connectivity index (χ3v) is 5.55. The van der Waals surface area contributed by atoms with Gasteiger partial charge in [-0.25, -0.2) is 4.79 Å². The molecule has 0 aliphatic rings. The predicted octanol–water partition coefficient (Wildman–Crippen LogP) is 2.54. The first-order valence-corrected chi connectivity index (χ1v) is 8.62. The Labute approximate surface area is 117 Å². The maximum absolute atomic E-state index is 11.5. The third kappa shape index (κ3) is 6.86. The zero-order chi connectivity index (χ0) is 14.9. The van der Waals surface area contributed by atoms with Crippen LogP contribution in [0, 0.1) is 0 Å². The zero-order valence-electron chi connectivity index (χ0n) is 12.7. The molecule has 0 rings (SSSR count).